The summed E-state index contributed by atoms with van der Waals surface area (Å²) in [7, 11) is 0. The first-order valence-electron chi connectivity index (χ1n) is 9.53. The van der Waals surface area contributed by atoms with Crippen molar-refractivity contribution < 1.29 is 19.7 Å². The van der Waals surface area contributed by atoms with Crippen molar-refractivity contribution in [2.24, 2.45) is 28.1 Å². The summed E-state index contributed by atoms with van der Waals surface area (Å²) in [6.07, 6.45) is 6.12. The average molecular weight is 332 g/mol. The molecule has 132 valence electrons. The summed E-state index contributed by atoms with van der Waals surface area (Å²) in [6.45, 7) is 4.86. The second-order valence-corrected chi connectivity index (χ2v) is 9.63. The molecule has 4 heteroatoms. The highest BCUT2D eigenvalue weighted by molar-refractivity contribution is 5.90. The van der Waals surface area contributed by atoms with E-state index in [-0.39, 0.29) is 23.4 Å². The smallest absolute Gasteiger partial charge is 0.146 e. The van der Waals surface area contributed by atoms with E-state index in [9.17, 15) is 15.0 Å². The molecule has 0 aromatic rings. The van der Waals surface area contributed by atoms with Gasteiger partial charge < -0.3 is 14.9 Å². The number of fused-ring (bicyclic) bond motifs is 1. The Bertz CT molecular complexity index is 669. The van der Waals surface area contributed by atoms with Gasteiger partial charge in [-0.05, 0) is 67.3 Å². The van der Waals surface area contributed by atoms with Crippen LogP contribution in [0.1, 0.15) is 58.8 Å². The minimum atomic E-state index is -0.905. The highest BCUT2D eigenvalue weighted by atomic mass is 16.5. The molecule has 1 aliphatic heterocycles. The van der Waals surface area contributed by atoms with E-state index >= 15 is 0 Å². The van der Waals surface area contributed by atoms with Gasteiger partial charge >= 0.3 is 0 Å². The third-order valence-electron chi connectivity index (χ3n) is 8.91. The Morgan fingerprint density at radius 3 is 2.75 bits per heavy atom. The quantitative estimate of drug-likeness (QED) is 0.774. The van der Waals surface area contributed by atoms with E-state index in [2.05, 4.69) is 13.8 Å². The number of hydrogen-bond donors (Lipinski definition) is 2. The summed E-state index contributed by atoms with van der Waals surface area (Å²) in [5, 5.41) is 20.6. The minimum Gasteiger partial charge on any atom is -0.497 e. The van der Waals surface area contributed by atoms with Crippen LogP contribution in [0.5, 0.6) is 0 Å². The zero-order valence-electron chi connectivity index (χ0n) is 14.7. The molecule has 2 bridgehead atoms. The molecule has 0 saturated heterocycles. The highest BCUT2D eigenvalue weighted by Gasteiger charge is 2.71. The molecule has 6 atom stereocenters. The largest absolute Gasteiger partial charge is 0.497 e. The molecule has 0 amide bonds. The van der Waals surface area contributed by atoms with Crippen LogP contribution in [0.2, 0.25) is 0 Å². The normalized spacial score (nSPS) is 55.2. The van der Waals surface area contributed by atoms with Gasteiger partial charge in [0, 0.05) is 12.8 Å². The van der Waals surface area contributed by atoms with Crippen LogP contribution in [0.3, 0.4) is 0 Å². The highest BCUT2D eigenvalue weighted by Crippen LogP contribution is 2.75. The topological polar surface area (TPSA) is 66.8 Å². The lowest BCUT2D eigenvalue weighted by Crippen LogP contribution is -2.56. The van der Waals surface area contributed by atoms with Crippen LogP contribution in [0, 0.1) is 28.1 Å². The fourth-order valence-corrected chi connectivity index (χ4v) is 7.52. The molecule has 3 fully saturated rings. The molecule has 5 aliphatic rings. The summed E-state index contributed by atoms with van der Waals surface area (Å²) in [5.41, 5.74) is 0.157. The first kappa shape index (κ1) is 15.4. The van der Waals surface area contributed by atoms with Crippen molar-refractivity contribution in [1.82, 2.24) is 0 Å². The van der Waals surface area contributed by atoms with Gasteiger partial charge in [-0.1, -0.05) is 6.92 Å². The molecule has 0 unspecified atom stereocenters. The van der Waals surface area contributed by atoms with E-state index in [4.69, 9.17) is 4.74 Å². The Morgan fingerprint density at radius 2 is 2.00 bits per heavy atom. The molecule has 4 aliphatic carbocycles. The number of carbonyl (C=O) groups is 1. The zero-order valence-corrected chi connectivity index (χ0v) is 14.7. The second-order valence-electron chi connectivity index (χ2n) is 9.63. The van der Waals surface area contributed by atoms with Crippen molar-refractivity contribution >= 4 is 5.78 Å². The van der Waals surface area contributed by atoms with Crippen LogP contribution in [-0.2, 0) is 9.53 Å². The molecule has 1 heterocycles. The molecule has 0 aromatic carbocycles. The average Bonchev–Trinajstić information content (AvgIpc) is 3.08. The van der Waals surface area contributed by atoms with Crippen molar-refractivity contribution in [3.05, 3.63) is 11.3 Å². The first-order chi connectivity index (χ1) is 11.3. The number of Topliss-reactive ketones (excluding diaryl/α,β-unsaturated/α-hetero) is 1. The Labute approximate surface area is 143 Å². The monoisotopic (exact) mass is 332 g/mol. The summed E-state index contributed by atoms with van der Waals surface area (Å²) in [4.78, 5) is 12.7. The van der Waals surface area contributed by atoms with Crippen molar-refractivity contribution in [3.8, 4) is 0 Å². The maximum atomic E-state index is 12.7. The maximum Gasteiger partial charge on any atom is 0.146 e. The Kier molecular flexibility index (Phi) is 2.74. The van der Waals surface area contributed by atoms with Gasteiger partial charge in [0.05, 0.1) is 23.4 Å². The number of ketones is 1. The number of rotatable bonds is 1. The standard InChI is InChI=1S/C20H28O4/c1-17-11-24-14-8-12-7-13-9-19(12,5-6-20(13,23)10-21)18(2,16(14)17)4-3-15(17)22/h12-13,21,23H,3-11H2,1-2H3/t12-,13-,17-,18+,19+,20+/m1/s1. The Morgan fingerprint density at radius 1 is 1.21 bits per heavy atom. The van der Waals surface area contributed by atoms with E-state index < -0.39 is 11.0 Å². The molecule has 0 radical (unpaired) electrons. The lowest BCUT2D eigenvalue weighted by Gasteiger charge is -2.60. The molecule has 4 nitrogen and oxygen atoms in total. The van der Waals surface area contributed by atoms with Crippen LogP contribution in [-0.4, -0.2) is 34.8 Å². The van der Waals surface area contributed by atoms with Crippen molar-refractivity contribution in [2.75, 3.05) is 13.2 Å². The number of aliphatic hydroxyl groups is 2. The van der Waals surface area contributed by atoms with E-state index in [1.54, 1.807) is 0 Å². The van der Waals surface area contributed by atoms with Crippen LogP contribution in [0.15, 0.2) is 11.3 Å². The molecule has 24 heavy (non-hydrogen) atoms. The van der Waals surface area contributed by atoms with E-state index in [1.165, 1.54) is 5.57 Å². The van der Waals surface area contributed by atoms with Gasteiger partial charge in [-0.25, -0.2) is 0 Å². The lowest BCUT2D eigenvalue weighted by atomic mass is 9.43. The van der Waals surface area contributed by atoms with Crippen molar-refractivity contribution in [3.63, 3.8) is 0 Å². The predicted molar refractivity (Wildman–Crippen MR) is 88.0 cm³/mol. The Hall–Kier alpha value is -0.870. The van der Waals surface area contributed by atoms with Crippen molar-refractivity contribution in [2.45, 2.75) is 64.4 Å². The number of carbonyl (C=O) groups excluding carboxylic acids is 1. The fraction of sp³-hybridized carbons (Fsp3) is 0.850. The maximum absolute atomic E-state index is 12.7. The van der Waals surface area contributed by atoms with Gasteiger partial charge in [0.15, 0.2) is 0 Å². The fourth-order valence-electron chi connectivity index (χ4n) is 7.52. The first-order valence-corrected chi connectivity index (χ1v) is 9.53. The summed E-state index contributed by atoms with van der Waals surface area (Å²) >= 11 is 0. The van der Waals surface area contributed by atoms with Gasteiger partial charge in [0.2, 0.25) is 0 Å². The van der Waals surface area contributed by atoms with Crippen LogP contribution in [0.25, 0.3) is 0 Å². The van der Waals surface area contributed by atoms with Crippen LogP contribution >= 0.6 is 0 Å². The second kappa shape index (κ2) is 4.27. The van der Waals surface area contributed by atoms with Gasteiger partial charge in [-0.15, -0.1) is 0 Å². The Balaban J connectivity index is 1.65. The van der Waals surface area contributed by atoms with E-state index in [1.807, 2.05) is 0 Å². The number of ether oxygens (including phenoxy) is 1. The summed E-state index contributed by atoms with van der Waals surface area (Å²) in [6, 6.07) is 0. The molecule has 3 saturated carbocycles. The molecule has 5 rings (SSSR count). The molecule has 1 spiro atoms. The molecular weight excluding hydrogens is 304 g/mol. The summed E-state index contributed by atoms with van der Waals surface area (Å²) < 4.78 is 6.09. The zero-order chi connectivity index (χ0) is 17.0. The lowest BCUT2D eigenvalue weighted by molar-refractivity contribution is -0.138. The van der Waals surface area contributed by atoms with Gasteiger partial charge in [-0.3, -0.25) is 4.79 Å². The van der Waals surface area contributed by atoms with Gasteiger partial charge in [-0.2, -0.15) is 0 Å². The molecule has 0 aromatic heterocycles. The third-order valence-corrected chi connectivity index (χ3v) is 8.91. The molecule has 2 N–H and O–H groups in total. The van der Waals surface area contributed by atoms with Crippen LogP contribution < -0.4 is 0 Å². The van der Waals surface area contributed by atoms with Gasteiger partial charge in [0.25, 0.3) is 0 Å². The summed E-state index contributed by atoms with van der Waals surface area (Å²) in [5.74, 6) is 2.13. The van der Waals surface area contributed by atoms with E-state index in [0.29, 0.717) is 31.1 Å². The van der Waals surface area contributed by atoms with Crippen molar-refractivity contribution in [1.29, 1.82) is 0 Å². The van der Waals surface area contributed by atoms with Gasteiger partial charge in [0.1, 0.15) is 12.4 Å². The third kappa shape index (κ3) is 1.44. The molecular formula is C20H28O4. The predicted octanol–water partition coefficient (Wildman–Crippen LogP) is 2.58. The number of allylic oxidation sites excluding steroid dienone is 1. The van der Waals surface area contributed by atoms with E-state index in [0.717, 1.165) is 37.9 Å². The number of aliphatic hydroxyl groups excluding tert-OH is 1. The van der Waals surface area contributed by atoms with Crippen LogP contribution in [0.4, 0.5) is 0 Å². The number of hydrogen-bond acceptors (Lipinski definition) is 4. The minimum absolute atomic E-state index is 0.00987. The SMILES string of the molecule is C[C@]12COC3=C1[C@](C)(CCC2=O)[C@]12CC[C@](O)(CO)[C@H](C[C@@H]1C3)C2.